The zero-order valence-corrected chi connectivity index (χ0v) is 16.3. The number of aromatic nitrogens is 1. The van der Waals surface area contributed by atoms with Crippen LogP contribution in [0.1, 0.15) is 35.2 Å². The van der Waals surface area contributed by atoms with Crippen molar-refractivity contribution in [3.8, 4) is 11.8 Å². The van der Waals surface area contributed by atoms with E-state index in [2.05, 4.69) is 16.4 Å². The fraction of sp³-hybridized carbons (Fsp3) is 0.381. The van der Waals surface area contributed by atoms with E-state index in [-0.39, 0.29) is 11.7 Å². The number of thioether (sulfide) groups is 1. The Bertz CT molecular complexity index is 861. The Morgan fingerprint density at radius 2 is 2.19 bits per heavy atom. The van der Waals surface area contributed by atoms with Gasteiger partial charge in [-0.05, 0) is 61.9 Å². The second-order valence-electron chi connectivity index (χ2n) is 6.57. The van der Waals surface area contributed by atoms with Crippen molar-refractivity contribution >= 4 is 17.7 Å². The first-order valence-corrected chi connectivity index (χ1v) is 10.2. The van der Waals surface area contributed by atoms with Gasteiger partial charge in [0.1, 0.15) is 23.5 Å². The zero-order valence-electron chi connectivity index (χ0n) is 15.5. The Labute approximate surface area is 164 Å². The van der Waals surface area contributed by atoms with Gasteiger partial charge in [-0.2, -0.15) is 5.26 Å². The summed E-state index contributed by atoms with van der Waals surface area (Å²) in [6.07, 6.45) is 4.23. The number of pyridine rings is 1. The van der Waals surface area contributed by atoms with Crippen LogP contribution in [-0.4, -0.2) is 29.8 Å². The van der Waals surface area contributed by atoms with Crippen molar-refractivity contribution in [3.05, 3.63) is 52.7 Å². The summed E-state index contributed by atoms with van der Waals surface area (Å²) in [6.45, 7) is 2.87. The number of ether oxygens (including phenoxy) is 1. The predicted molar refractivity (Wildman–Crippen MR) is 106 cm³/mol. The molecule has 1 heterocycles. The number of aryl methyl sites for hydroxylation is 3. The lowest BCUT2D eigenvalue weighted by molar-refractivity contribution is -0.118. The monoisotopic (exact) mass is 381 g/mol. The lowest BCUT2D eigenvalue weighted by Crippen LogP contribution is -2.29. The van der Waals surface area contributed by atoms with Gasteiger partial charge in [-0.25, -0.2) is 4.98 Å². The number of hydrogen-bond acceptors (Lipinski definition) is 5. The standard InChI is InChI=1S/C21H23N3O2S/c1-15-5-4-7-18(11-15)26-10-9-23-20(25)14-27-21-17(13-22)12-16-6-2-3-8-19(16)24-21/h4-5,7,11-12H,2-3,6,8-10,14H2,1H3,(H,23,25). The molecule has 0 fully saturated rings. The average Bonchev–Trinajstić information content (AvgIpc) is 2.69. The van der Waals surface area contributed by atoms with Gasteiger partial charge in [0.25, 0.3) is 0 Å². The van der Waals surface area contributed by atoms with Crippen LogP contribution >= 0.6 is 11.8 Å². The van der Waals surface area contributed by atoms with Crippen molar-refractivity contribution < 1.29 is 9.53 Å². The molecule has 1 aliphatic rings. The summed E-state index contributed by atoms with van der Waals surface area (Å²) in [7, 11) is 0. The average molecular weight is 382 g/mol. The number of rotatable bonds is 7. The minimum atomic E-state index is -0.0868. The molecule has 0 spiro atoms. The molecule has 0 saturated heterocycles. The highest BCUT2D eigenvalue weighted by molar-refractivity contribution is 8.00. The van der Waals surface area contributed by atoms with Gasteiger partial charge >= 0.3 is 0 Å². The third kappa shape index (κ3) is 5.48. The molecule has 27 heavy (non-hydrogen) atoms. The second-order valence-corrected chi connectivity index (χ2v) is 7.53. The first kappa shape index (κ1) is 19.2. The molecular formula is C21H23N3O2S. The third-order valence-electron chi connectivity index (χ3n) is 4.41. The maximum absolute atomic E-state index is 12.1. The molecule has 3 rings (SSSR count). The predicted octanol–water partition coefficient (Wildman–Crippen LogP) is 3.43. The van der Waals surface area contributed by atoms with E-state index in [9.17, 15) is 10.1 Å². The van der Waals surface area contributed by atoms with Crippen LogP contribution in [0.2, 0.25) is 0 Å². The fourth-order valence-corrected chi connectivity index (χ4v) is 3.86. The zero-order chi connectivity index (χ0) is 19.1. The molecule has 0 unspecified atom stereocenters. The molecule has 140 valence electrons. The topological polar surface area (TPSA) is 75.0 Å². The van der Waals surface area contributed by atoms with Gasteiger partial charge < -0.3 is 10.1 Å². The summed E-state index contributed by atoms with van der Waals surface area (Å²) in [6, 6.07) is 12.0. The van der Waals surface area contributed by atoms with Gasteiger partial charge in [-0.15, -0.1) is 0 Å². The molecule has 5 nitrogen and oxygen atoms in total. The molecule has 1 amide bonds. The largest absolute Gasteiger partial charge is 0.492 e. The highest BCUT2D eigenvalue weighted by atomic mass is 32.2. The van der Waals surface area contributed by atoms with Crippen LogP contribution in [0, 0.1) is 18.3 Å². The summed E-state index contributed by atoms with van der Waals surface area (Å²) >= 11 is 1.32. The number of nitrogens with zero attached hydrogens (tertiary/aromatic N) is 2. The SMILES string of the molecule is Cc1cccc(OCCNC(=O)CSc2nc3c(cc2C#N)CCCC3)c1. The van der Waals surface area contributed by atoms with Crippen LogP contribution in [-0.2, 0) is 17.6 Å². The van der Waals surface area contributed by atoms with Crippen molar-refractivity contribution in [2.75, 3.05) is 18.9 Å². The Balaban J connectivity index is 1.46. The van der Waals surface area contributed by atoms with Crippen molar-refractivity contribution in [2.45, 2.75) is 37.6 Å². The Morgan fingerprint density at radius 3 is 3.00 bits per heavy atom. The van der Waals surface area contributed by atoms with Crippen molar-refractivity contribution in [2.24, 2.45) is 0 Å². The Morgan fingerprint density at radius 1 is 1.33 bits per heavy atom. The first-order valence-electron chi connectivity index (χ1n) is 9.17. The van der Waals surface area contributed by atoms with E-state index < -0.39 is 0 Å². The number of amides is 1. The summed E-state index contributed by atoms with van der Waals surface area (Å²) in [5.74, 6) is 0.956. The molecule has 6 heteroatoms. The van der Waals surface area contributed by atoms with E-state index in [1.54, 1.807) is 0 Å². The second kappa shape index (κ2) is 9.43. The van der Waals surface area contributed by atoms with Gasteiger partial charge in [0.2, 0.25) is 5.91 Å². The van der Waals surface area contributed by atoms with E-state index in [1.165, 1.54) is 17.3 Å². The number of nitrogens with one attached hydrogen (secondary N) is 1. The maximum Gasteiger partial charge on any atom is 0.230 e. The van der Waals surface area contributed by atoms with Crippen LogP contribution in [0.4, 0.5) is 0 Å². The number of nitriles is 1. The van der Waals surface area contributed by atoms with Gasteiger partial charge in [0.15, 0.2) is 0 Å². The smallest absolute Gasteiger partial charge is 0.230 e. The molecule has 1 N–H and O–H groups in total. The molecule has 0 saturated carbocycles. The molecular weight excluding hydrogens is 358 g/mol. The van der Waals surface area contributed by atoms with Crippen LogP contribution in [0.15, 0.2) is 35.4 Å². The van der Waals surface area contributed by atoms with Gasteiger partial charge in [-0.3, -0.25) is 4.79 Å². The summed E-state index contributed by atoms with van der Waals surface area (Å²) in [5, 5.41) is 12.9. The van der Waals surface area contributed by atoms with Crippen LogP contribution < -0.4 is 10.1 Å². The highest BCUT2D eigenvalue weighted by Crippen LogP contribution is 2.27. The molecule has 0 aliphatic heterocycles. The lowest BCUT2D eigenvalue weighted by Gasteiger charge is -2.16. The maximum atomic E-state index is 12.1. The molecule has 0 radical (unpaired) electrons. The number of carbonyl (C=O) groups excluding carboxylic acids is 1. The highest BCUT2D eigenvalue weighted by Gasteiger charge is 2.16. The van der Waals surface area contributed by atoms with Gasteiger partial charge in [0.05, 0.1) is 17.9 Å². The number of fused-ring (bicyclic) bond motifs is 1. The normalized spacial score (nSPS) is 12.7. The van der Waals surface area contributed by atoms with Crippen LogP contribution in [0.25, 0.3) is 0 Å². The molecule has 1 aromatic heterocycles. The molecule has 1 aliphatic carbocycles. The van der Waals surface area contributed by atoms with Crippen LogP contribution in [0.3, 0.4) is 0 Å². The third-order valence-corrected chi connectivity index (χ3v) is 5.40. The number of carbonyl (C=O) groups is 1. The van der Waals surface area contributed by atoms with Gasteiger partial charge in [-0.1, -0.05) is 23.9 Å². The van der Waals surface area contributed by atoms with Crippen LogP contribution in [0.5, 0.6) is 5.75 Å². The number of benzene rings is 1. The molecule has 0 atom stereocenters. The van der Waals surface area contributed by atoms with Crippen molar-refractivity contribution in [1.82, 2.24) is 10.3 Å². The fourth-order valence-electron chi connectivity index (χ4n) is 3.05. The van der Waals surface area contributed by atoms with E-state index in [4.69, 9.17) is 4.74 Å². The Hall–Kier alpha value is -2.52. The van der Waals surface area contributed by atoms with E-state index >= 15 is 0 Å². The molecule has 1 aromatic carbocycles. The lowest BCUT2D eigenvalue weighted by atomic mass is 9.95. The summed E-state index contributed by atoms with van der Waals surface area (Å²) < 4.78 is 5.62. The first-order chi connectivity index (χ1) is 13.2. The molecule has 0 bridgehead atoms. The Kier molecular flexibility index (Phi) is 6.72. The van der Waals surface area contributed by atoms with E-state index in [0.717, 1.165) is 42.7 Å². The number of hydrogen-bond donors (Lipinski definition) is 1. The quantitative estimate of drug-likeness (QED) is 0.587. The van der Waals surface area contributed by atoms with E-state index in [1.807, 2.05) is 37.3 Å². The minimum Gasteiger partial charge on any atom is -0.492 e. The summed E-state index contributed by atoms with van der Waals surface area (Å²) in [5.41, 5.74) is 3.96. The van der Waals surface area contributed by atoms with Crippen molar-refractivity contribution in [1.29, 1.82) is 5.26 Å². The van der Waals surface area contributed by atoms with Crippen molar-refractivity contribution in [3.63, 3.8) is 0 Å². The minimum absolute atomic E-state index is 0.0868. The van der Waals surface area contributed by atoms with Gasteiger partial charge in [0, 0.05) is 5.69 Å². The van der Waals surface area contributed by atoms with E-state index in [0.29, 0.717) is 23.7 Å². The molecule has 2 aromatic rings. The summed E-state index contributed by atoms with van der Waals surface area (Å²) in [4.78, 5) is 16.7.